The highest BCUT2D eigenvalue weighted by Crippen LogP contribution is 2.63. The highest BCUT2D eigenvalue weighted by molar-refractivity contribution is 5.87. The van der Waals surface area contributed by atoms with Gasteiger partial charge >= 0.3 is 6.09 Å². The maximum atomic E-state index is 12.6. The lowest BCUT2D eigenvalue weighted by atomic mass is 9.71. The Morgan fingerprint density at radius 3 is 2.87 bits per heavy atom. The van der Waals surface area contributed by atoms with E-state index in [2.05, 4.69) is 36.4 Å². The number of nitrogens with one attached hydrogen (secondary N) is 2. The van der Waals surface area contributed by atoms with Gasteiger partial charge in [-0.3, -0.25) is 10.1 Å². The number of amides is 1. The van der Waals surface area contributed by atoms with Crippen molar-refractivity contribution in [3.05, 3.63) is 30.2 Å². The van der Waals surface area contributed by atoms with Gasteiger partial charge in [0.1, 0.15) is 11.4 Å². The Morgan fingerprint density at radius 1 is 1.21 bits per heavy atom. The molecule has 2 aliphatic heterocycles. The minimum absolute atomic E-state index is 0.148. The summed E-state index contributed by atoms with van der Waals surface area (Å²) in [6.07, 6.45) is 9.97. The maximum absolute atomic E-state index is 12.6. The molecule has 10 nitrogen and oxygen atoms in total. The molecule has 3 fully saturated rings. The Kier molecular flexibility index (Phi) is 5.32. The molecule has 3 aromatic heterocycles. The number of pyridine rings is 1. The summed E-state index contributed by atoms with van der Waals surface area (Å²) in [5.41, 5.74) is 3.36. The number of H-pyrrole nitrogens is 1. The number of hydrogen-bond acceptors (Lipinski definition) is 8. The number of aryl methyl sites for hydroxylation is 1. The molecule has 2 saturated carbocycles. The number of piperidine rings is 1. The molecule has 1 unspecified atom stereocenters. The van der Waals surface area contributed by atoms with Crippen molar-refractivity contribution in [3.63, 3.8) is 0 Å². The van der Waals surface area contributed by atoms with E-state index in [1.165, 1.54) is 12.8 Å². The van der Waals surface area contributed by atoms with Crippen molar-refractivity contribution < 1.29 is 9.53 Å². The summed E-state index contributed by atoms with van der Waals surface area (Å²) < 4.78 is 5.60. The molecule has 1 spiro atoms. The van der Waals surface area contributed by atoms with Gasteiger partial charge in [-0.25, -0.2) is 14.8 Å². The zero-order valence-corrected chi connectivity index (χ0v) is 22.4. The lowest BCUT2D eigenvalue weighted by Crippen LogP contribution is -2.53. The maximum Gasteiger partial charge on any atom is 0.407 e. The standard InChI is InChI=1S/C28H36N8O2/c1-27(2,3)38-26(37)32-23-18-14-17(18)15-28(23)8-12-35(13-9-28)21-16-30-22-24(31-21)33-34-25(22)36-11-5-6-19-20(36)7-4-10-29-19/h4,7,10,16-18,23H,5-6,8-9,11-15H2,1-3H3,(H,32,37)(H,31,33,34)/t17?,18-,23+/m1/s1. The second kappa shape index (κ2) is 8.54. The van der Waals surface area contributed by atoms with Crippen LogP contribution >= 0.6 is 0 Å². The van der Waals surface area contributed by atoms with Crippen molar-refractivity contribution in [1.82, 2.24) is 30.5 Å². The average Bonchev–Trinajstić information content (AvgIpc) is 3.41. The van der Waals surface area contributed by atoms with Crippen LogP contribution in [0.4, 0.5) is 22.1 Å². The summed E-state index contributed by atoms with van der Waals surface area (Å²) in [5, 5.41) is 11.0. The van der Waals surface area contributed by atoms with Crippen LogP contribution in [0.1, 0.15) is 58.6 Å². The van der Waals surface area contributed by atoms with Gasteiger partial charge in [-0.2, -0.15) is 5.10 Å². The van der Waals surface area contributed by atoms with Crippen molar-refractivity contribution >= 4 is 34.6 Å². The molecule has 10 heteroatoms. The second-order valence-electron chi connectivity index (χ2n) is 12.5. The van der Waals surface area contributed by atoms with Gasteiger partial charge in [-0.05, 0) is 88.7 Å². The molecule has 200 valence electrons. The van der Waals surface area contributed by atoms with Crippen molar-refractivity contribution in [1.29, 1.82) is 0 Å². The summed E-state index contributed by atoms with van der Waals surface area (Å²) >= 11 is 0. The van der Waals surface area contributed by atoms with E-state index in [1.54, 1.807) is 0 Å². The normalized spacial score (nSPS) is 25.8. The summed E-state index contributed by atoms with van der Waals surface area (Å²) in [5.74, 6) is 3.04. The predicted molar refractivity (Wildman–Crippen MR) is 144 cm³/mol. The van der Waals surface area contributed by atoms with Gasteiger partial charge in [0.2, 0.25) is 0 Å². The highest BCUT2D eigenvalue weighted by Gasteiger charge is 2.62. The zero-order valence-electron chi connectivity index (χ0n) is 22.4. The van der Waals surface area contributed by atoms with Gasteiger partial charge in [-0.15, -0.1) is 0 Å². The Labute approximate surface area is 222 Å². The molecule has 5 heterocycles. The first kappa shape index (κ1) is 23.7. The van der Waals surface area contributed by atoms with Crippen LogP contribution < -0.4 is 15.1 Å². The second-order valence-corrected chi connectivity index (χ2v) is 12.5. The monoisotopic (exact) mass is 516 g/mol. The molecule has 0 bridgehead atoms. The third-order valence-corrected chi connectivity index (χ3v) is 8.94. The van der Waals surface area contributed by atoms with Crippen molar-refractivity contribution in [2.75, 3.05) is 29.4 Å². The van der Waals surface area contributed by atoms with E-state index in [0.717, 1.165) is 79.8 Å². The Hall–Kier alpha value is -3.43. The molecule has 3 atom stereocenters. The molecule has 2 aliphatic carbocycles. The van der Waals surface area contributed by atoms with Crippen molar-refractivity contribution in [2.45, 2.75) is 70.9 Å². The number of nitrogens with zero attached hydrogens (tertiary/aromatic N) is 6. The van der Waals surface area contributed by atoms with Gasteiger partial charge in [0.05, 0.1) is 17.6 Å². The number of fused-ring (bicyclic) bond motifs is 3. The van der Waals surface area contributed by atoms with Crippen LogP contribution in [-0.2, 0) is 11.2 Å². The molecule has 7 rings (SSSR count). The number of rotatable bonds is 3. The molecule has 1 amide bonds. The number of anilines is 3. The van der Waals surface area contributed by atoms with E-state index in [1.807, 2.05) is 39.2 Å². The number of hydrogen-bond donors (Lipinski definition) is 2. The fourth-order valence-corrected chi connectivity index (χ4v) is 7.14. The molecule has 38 heavy (non-hydrogen) atoms. The topological polar surface area (TPSA) is 112 Å². The van der Waals surface area contributed by atoms with E-state index in [4.69, 9.17) is 14.7 Å². The predicted octanol–water partition coefficient (Wildman–Crippen LogP) is 4.35. The third kappa shape index (κ3) is 4.05. The van der Waals surface area contributed by atoms with Gasteiger partial charge in [0.15, 0.2) is 17.0 Å². The number of alkyl carbamates (subject to hydrolysis) is 1. The number of aromatic nitrogens is 5. The fourth-order valence-electron chi connectivity index (χ4n) is 7.14. The van der Waals surface area contributed by atoms with Crippen molar-refractivity contribution in [2.24, 2.45) is 17.3 Å². The van der Waals surface area contributed by atoms with Crippen LogP contribution in [0.2, 0.25) is 0 Å². The minimum atomic E-state index is -0.486. The summed E-state index contributed by atoms with van der Waals surface area (Å²) in [7, 11) is 0. The largest absolute Gasteiger partial charge is 0.444 e. The van der Waals surface area contributed by atoms with Crippen LogP contribution in [0.3, 0.4) is 0 Å². The Morgan fingerprint density at radius 2 is 2.05 bits per heavy atom. The summed E-state index contributed by atoms with van der Waals surface area (Å²) in [4.78, 5) is 31.5. The van der Waals surface area contributed by atoms with Crippen LogP contribution in [0.25, 0.3) is 11.2 Å². The van der Waals surface area contributed by atoms with Crippen molar-refractivity contribution in [3.8, 4) is 0 Å². The number of ether oxygens (including phenoxy) is 1. The van der Waals surface area contributed by atoms with E-state index >= 15 is 0 Å². The van der Waals surface area contributed by atoms with E-state index < -0.39 is 5.60 Å². The Bertz CT molecular complexity index is 1370. The van der Waals surface area contributed by atoms with Gasteiger partial charge < -0.3 is 19.9 Å². The lowest BCUT2D eigenvalue weighted by Gasteiger charge is -2.45. The zero-order chi connectivity index (χ0) is 26.1. The molecule has 3 aromatic rings. The third-order valence-electron chi connectivity index (χ3n) is 8.94. The van der Waals surface area contributed by atoms with E-state index in [9.17, 15) is 4.79 Å². The number of carbonyl (C=O) groups excluding carboxylic acids is 1. The lowest BCUT2D eigenvalue weighted by molar-refractivity contribution is 0.0417. The Balaban J connectivity index is 1.07. The molecule has 1 saturated heterocycles. The minimum Gasteiger partial charge on any atom is -0.444 e. The first-order valence-electron chi connectivity index (χ1n) is 14.0. The van der Waals surface area contributed by atoms with Crippen LogP contribution in [0.15, 0.2) is 24.5 Å². The SMILES string of the molecule is CC(C)(C)OC(=O)N[C@H]1[C@@H]2CC2CC12CCN(c1cnc3c(N4CCCc5ncccc54)n[nH]c3n1)CC2. The summed E-state index contributed by atoms with van der Waals surface area (Å²) in [6.45, 7) is 8.43. The molecule has 0 aromatic carbocycles. The summed E-state index contributed by atoms with van der Waals surface area (Å²) in [6, 6.07) is 4.28. The van der Waals surface area contributed by atoms with Crippen LogP contribution in [0, 0.1) is 17.3 Å². The van der Waals surface area contributed by atoms with Gasteiger partial charge in [-0.1, -0.05) is 0 Å². The molecule has 2 N–H and O–H groups in total. The molecule has 0 radical (unpaired) electrons. The smallest absolute Gasteiger partial charge is 0.407 e. The van der Waals surface area contributed by atoms with Gasteiger partial charge in [0.25, 0.3) is 0 Å². The van der Waals surface area contributed by atoms with Crippen LogP contribution in [0.5, 0.6) is 0 Å². The molecule has 4 aliphatic rings. The number of aromatic amines is 1. The van der Waals surface area contributed by atoms with Gasteiger partial charge in [0, 0.05) is 31.9 Å². The number of carbonyl (C=O) groups is 1. The quantitative estimate of drug-likeness (QED) is 0.528. The molecular formula is C28H36N8O2. The average molecular weight is 517 g/mol. The highest BCUT2D eigenvalue weighted by atomic mass is 16.6. The molecular weight excluding hydrogens is 480 g/mol. The fraction of sp³-hybridized carbons (Fsp3) is 0.607. The van der Waals surface area contributed by atoms with E-state index in [-0.39, 0.29) is 17.6 Å². The first-order chi connectivity index (χ1) is 18.3. The van der Waals surface area contributed by atoms with Crippen LogP contribution in [-0.4, -0.2) is 62.5 Å². The van der Waals surface area contributed by atoms with E-state index in [0.29, 0.717) is 11.6 Å². The first-order valence-corrected chi connectivity index (χ1v) is 14.0.